The summed E-state index contributed by atoms with van der Waals surface area (Å²) in [5.74, 6) is 2.16. The molecule has 1 saturated carbocycles. The molecule has 1 aliphatic carbocycles. The van der Waals surface area contributed by atoms with E-state index in [1.165, 1.54) is 25.7 Å². The van der Waals surface area contributed by atoms with Gasteiger partial charge in [-0.3, -0.25) is 4.98 Å². The molecule has 0 atom stereocenters. The molecule has 0 unspecified atom stereocenters. The van der Waals surface area contributed by atoms with Gasteiger partial charge in [-0.05, 0) is 37.1 Å². The van der Waals surface area contributed by atoms with Crippen LogP contribution < -0.4 is 9.47 Å². The summed E-state index contributed by atoms with van der Waals surface area (Å²) in [5.41, 5.74) is 1.93. The van der Waals surface area contributed by atoms with Crippen LogP contribution in [0, 0.1) is 0 Å². The Hall–Kier alpha value is -3.46. The van der Waals surface area contributed by atoms with Crippen molar-refractivity contribution in [3.8, 4) is 22.1 Å². The second kappa shape index (κ2) is 7.90. The molecule has 0 spiro atoms. The van der Waals surface area contributed by atoms with Gasteiger partial charge in [-0.1, -0.05) is 24.2 Å². The topological polar surface area (TPSA) is 79.4 Å². The summed E-state index contributed by atoms with van der Waals surface area (Å²) in [6.07, 6.45) is 11.3. The molecule has 5 aromatic rings. The van der Waals surface area contributed by atoms with Gasteiger partial charge in [0, 0.05) is 41.6 Å². The van der Waals surface area contributed by atoms with E-state index >= 15 is 0 Å². The molecule has 4 heterocycles. The molecular weight excluding hydrogens is 424 g/mol. The number of rotatable bonds is 6. The van der Waals surface area contributed by atoms with Crippen LogP contribution in [0.2, 0.25) is 0 Å². The highest BCUT2D eigenvalue weighted by molar-refractivity contribution is 7.19. The first-order chi connectivity index (χ1) is 15.8. The minimum absolute atomic E-state index is 0.262. The van der Waals surface area contributed by atoms with Crippen LogP contribution in [0.3, 0.4) is 0 Å². The van der Waals surface area contributed by atoms with Crippen molar-refractivity contribution >= 4 is 27.2 Å². The van der Waals surface area contributed by atoms with Crippen LogP contribution in [0.4, 0.5) is 0 Å². The zero-order valence-electron chi connectivity index (χ0n) is 17.6. The van der Waals surface area contributed by atoms with E-state index in [2.05, 4.69) is 38.2 Å². The summed E-state index contributed by atoms with van der Waals surface area (Å²) in [6.45, 7) is 0.262. The SMILES string of the molecule is COc1ccc2c(OCc3nnc4sc(-c5ccn(C6CCCC6)c5)nn34)ccnc2c1. The van der Waals surface area contributed by atoms with E-state index in [1.54, 1.807) is 29.2 Å². The Balaban J connectivity index is 1.24. The van der Waals surface area contributed by atoms with Crippen molar-refractivity contribution in [2.75, 3.05) is 7.11 Å². The highest BCUT2D eigenvalue weighted by Gasteiger charge is 2.19. The number of hydrogen-bond donors (Lipinski definition) is 0. The number of benzene rings is 1. The van der Waals surface area contributed by atoms with Crippen LogP contribution >= 0.6 is 11.3 Å². The highest BCUT2D eigenvalue weighted by Crippen LogP contribution is 2.33. The summed E-state index contributed by atoms with van der Waals surface area (Å²) < 4.78 is 15.5. The predicted molar refractivity (Wildman–Crippen MR) is 122 cm³/mol. The fourth-order valence-electron chi connectivity index (χ4n) is 4.33. The average molecular weight is 447 g/mol. The van der Waals surface area contributed by atoms with Crippen molar-refractivity contribution in [1.82, 2.24) is 29.4 Å². The lowest BCUT2D eigenvalue weighted by Crippen LogP contribution is -2.03. The van der Waals surface area contributed by atoms with Gasteiger partial charge in [0.15, 0.2) is 5.82 Å². The van der Waals surface area contributed by atoms with Gasteiger partial charge in [0.1, 0.15) is 23.1 Å². The maximum atomic E-state index is 6.09. The third-order valence-corrected chi connectivity index (χ3v) is 6.98. The Kier molecular flexibility index (Phi) is 4.75. The summed E-state index contributed by atoms with van der Waals surface area (Å²) in [6, 6.07) is 10.3. The molecule has 9 heteroatoms. The smallest absolute Gasteiger partial charge is 0.235 e. The molecule has 1 aliphatic rings. The molecule has 0 N–H and O–H groups in total. The van der Waals surface area contributed by atoms with Crippen molar-refractivity contribution in [3.05, 3.63) is 54.7 Å². The second-order valence-electron chi connectivity index (χ2n) is 7.98. The summed E-state index contributed by atoms with van der Waals surface area (Å²) in [7, 11) is 1.64. The quantitative estimate of drug-likeness (QED) is 0.369. The lowest BCUT2D eigenvalue weighted by molar-refractivity contribution is 0.296. The van der Waals surface area contributed by atoms with Gasteiger partial charge >= 0.3 is 0 Å². The Labute approximate surface area is 188 Å². The van der Waals surface area contributed by atoms with E-state index in [-0.39, 0.29) is 6.61 Å². The molecule has 6 rings (SSSR count). The molecule has 162 valence electrons. The fourth-order valence-corrected chi connectivity index (χ4v) is 5.18. The van der Waals surface area contributed by atoms with Crippen molar-refractivity contribution in [2.45, 2.75) is 38.3 Å². The van der Waals surface area contributed by atoms with Gasteiger partial charge in [0.2, 0.25) is 4.96 Å². The molecule has 0 aliphatic heterocycles. The number of nitrogens with zero attached hydrogens (tertiary/aromatic N) is 6. The summed E-state index contributed by atoms with van der Waals surface area (Å²) in [4.78, 5) is 5.17. The molecule has 0 radical (unpaired) electrons. The van der Waals surface area contributed by atoms with Crippen LogP contribution in [0.5, 0.6) is 11.5 Å². The van der Waals surface area contributed by atoms with Gasteiger partial charge in [-0.2, -0.15) is 9.61 Å². The molecule has 1 aromatic carbocycles. The lowest BCUT2D eigenvalue weighted by Gasteiger charge is -2.10. The number of fused-ring (bicyclic) bond motifs is 2. The van der Waals surface area contributed by atoms with Crippen molar-refractivity contribution in [3.63, 3.8) is 0 Å². The van der Waals surface area contributed by atoms with E-state index in [0.717, 1.165) is 37.9 Å². The standard InChI is InChI=1S/C23H22N6O2S/c1-30-17-6-7-18-19(12-17)24-10-8-20(18)31-14-21-25-26-23-29(21)27-22(32-23)15-9-11-28(13-15)16-4-2-3-5-16/h6-13,16H,2-5,14H2,1H3. The number of pyridine rings is 1. The first kappa shape index (κ1) is 19.2. The molecule has 32 heavy (non-hydrogen) atoms. The van der Waals surface area contributed by atoms with E-state index in [0.29, 0.717) is 11.9 Å². The number of methoxy groups -OCH3 is 1. The zero-order valence-corrected chi connectivity index (χ0v) is 18.5. The van der Waals surface area contributed by atoms with Gasteiger partial charge < -0.3 is 14.0 Å². The summed E-state index contributed by atoms with van der Waals surface area (Å²) in [5, 5.41) is 15.2. The van der Waals surface area contributed by atoms with E-state index in [1.807, 2.05) is 24.3 Å². The lowest BCUT2D eigenvalue weighted by atomic mass is 10.2. The molecule has 8 nitrogen and oxygen atoms in total. The highest BCUT2D eigenvalue weighted by atomic mass is 32.1. The minimum atomic E-state index is 0.262. The normalized spacial score (nSPS) is 14.5. The van der Waals surface area contributed by atoms with Crippen molar-refractivity contribution in [1.29, 1.82) is 0 Å². The average Bonchev–Trinajstić information content (AvgIpc) is 3.61. The van der Waals surface area contributed by atoms with Gasteiger partial charge in [-0.15, -0.1) is 10.2 Å². The maximum absolute atomic E-state index is 6.09. The number of aromatic nitrogens is 6. The fraction of sp³-hybridized carbons (Fsp3) is 0.304. The number of hydrogen-bond acceptors (Lipinski definition) is 7. The van der Waals surface area contributed by atoms with Gasteiger partial charge in [0.25, 0.3) is 0 Å². The Morgan fingerprint density at radius 1 is 1.12 bits per heavy atom. The van der Waals surface area contributed by atoms with E-state index in [4.69, 9.17) is 14.6 Å². The third kappa shape index (κ3) is 3.38. The Morgan fingerprint density at radius 2 is 2.03 bits per heavy atom. The third-order valence-electron chi connectivity index (χ3n) is 6.03. The van der Waals surface area contributed by atoms with Crippen LogP contribution in [-0.4, -0.2) is 36.5 Å². The van der Waals surface area contributed by atoms with E-state index < -0.39 is 0 Å². The van der Waals surface area contributed by atoms with E-state index in [9.17, 15) is 0 Å². The predicted octanol–water partition coefficient (Wildman–Crippen LogP) is 4.91. The van der Waals surface area contributed by atoms with Crippen LogP contribution in [0.1, 0.15) is 37.5 Å². The van der Waals surface area contributed by atoms with Crippen LogP contribution in [0.15, 0.2) is 48.9 Å². The zero-order chi connectivity index (χ0) is 21.5. The molecular formula is C23H22N6O2S. The second-order valence-corrected chi connectivity index (χ2v) is 8.94. The molecule has 0 bridgehead atoms. The monoisotopic (exact) mass is 446 g/mol. The first-order valence-corrected chi connectivity index (χ1v) is 11.5. The first-order valence-electron chi connectivity index (χ1n) is 10.7. The van der Waals surface area contributed by atoms with Gasteiger partial charge in [0.05, 0.1) is 12.6 Å². The molecule has 1 fully saturated rings. The Bertz CT molecular complexity index is 1400. The van der Waals surface area contributed by atoms with Crippen LogP contribution in [-0.2, 0) is 6.61 Å². The minimum Gasteiger partial charge on any atom is -0.497 e. The van der Waals surface area contributed by atoms with Crippen molar-refractivity contribution in [2.24, 2.45) is 0 Å². The molecule has 0 saturated heterocycles. The molecule has 0 amide bonds. The maximum Gasteiger partial charge on any atom is 0.235 e. The summed E-state index contributed by atoms with van der Waals surface area (Å²) >= 11 is 1.54. The largest absolute Gasteiger partial charge is 0.497 e. The van der Waals surface area contributed by atoms with Gasteiger partial charge in [-0.25, -0.2) is 0 Å². The van der Waals surface area contributed by atoms with Crippen LogP contribution in [0.25, 0.3) is 26.4 Å². The number of ether oxygens (including phenoxy) is 2. The van der Waals surface area contributed by atoms with Crippen molar-refractivity contribution < 1.29 is 9.47 Å². The molecule has 4 aromatic heterocycles. The Morgan fingerprint density at radius 3 is 2.91 bits per heavy atom.